The summed E-state index contributed by atoms with van der Waals surface area (Å²) in [6.45, 7) is 2.16. The van der Waals surface area contributed by atoms with Gasteiger partial charge in [0.1, 0.15) is 0 Å². The molecule has 0 spiro atoms. The average Bonchev–Trinajstić information content (AvgIpc) is 2.46. The Kier molecular flexibility index (Phi) is 3.42. The Morgan fingerprint density at radius 2 is 1.67 bits per heavy atom. The highest BCUT2D eigenvalue weighted by atomic mass is 14.9. The van der Waals surface area contributed by atoms with Gasteiger partial charge in [0.05, 0.1) is 0 Å². The minimum atomic E-state index is 1.04. The van der Waals surface area contributed by atoms with E-state index in [1.807, 2.05) is 0 Å². The number of hydrogen-bond acceptors (Lipinski definition) is 1. The SMILES string of the molecule is c1ccc(CCc2ccc3c(c2)CNCC3)cc1. The number of fused-ring (bicyclic) bond motifs is 1. The van der Waals surface area contributed by atoms with E-state index in [1.54, 1.807) is 0 Å². The maximum absolute atomic E-state index is 3.44. The summed E-state index contributed by atoms with van der Waals surface area (Å²) < 4.78 is 0. The van der Waals surface area contributed by atoms with Gasteiger partial charge in [-0.25, -0.2) is 0 Å². The van der Waals surface area contributed by atoms with Crippen LogP contribution in [0.2, 0.25) is 0 Å². The van der Waals surface area contributed by atoms with Crippen LogP contribution in [0.25, 0.3) is 0 Å². The molecule has 0 bridgehead atoms. The van der Waals surface area contributed by atoms with Gasteiger partial charge in [0.2, 0.25) is 0 Å². The fourth-order valence-corrected chi connectivity index (χ4v) is 2.62. The Bertz CT molecular complexity index is 516. The van der Waals surface area contributed by atoms with E-state index in [4.69, 9.17) is 0 Å². The minimum Gasteiger partial charge on any atom is -0.312 e. The third-order valence-corrected chi connectivity index (χ3v) is 3.70. The van der Waals surface area contributed by atoms with Crippen molar-refractivity contribution in [2.75, 3.05) is 6.54 Å². The maximum atomic E-state index is 3.44. The van der Waals surface area contributed by atoms with E-state index in [-0.39, 0.29) is 0 Å². The predicted molar refractivity (Wildman–Crippen MR) is 75.7 cm³/mol. The first-order valence-corrected chi connectivity index (χ1v) is 6.77. The molecule has 1 nitrogen and oxygen atoms in total. The van der Waals surface area contributed by atoms with Crippen molar-refractivity contribution in [2.24, 2.45) is 0 Å². The van der Waals surface area contributed by atoms with Crippen molar-refractivity contribution in [3.05, 3.63) is 70.8 Å². The van der Waals surface area contributed by atoms with Gasteiger partial charge in [-0.05, 0) is 48.1 Å². The van der Waals surface area contributed by atoms with Crippen molar-refractivity contribution in [3.63, 3.8) is 0 Å². The van der Waals surface area contributed by atoms with Crippen molar-refractivity contribution < 1.29 is 0 Å². The van der Waals surface area contributed by atoms with Crippen LogP contribution < -0.4 is 5.32 Å². The van der Waals surface area contributed by atoms with Crippen LogP contribution in [0.1, 0.15) is 22.3 Å². The molecule has 0 atom stereocenters. The monoisotopic (exact) mass is 237 g/mol. The highest BCUT2D eigenvalue weighted by Gasteiger charge is 2.08. The van der Waals surface area contributed by atoms with Gasteiger partial charge >= 0.3 is 0 Å². The summed E-state index contributed by atoms with van der Waals surface area (Å²) in [6, 6.07) is 17.7. The number of aryl methyl sites for hydroxylation is 2. The third kappa shape index (κ3) is 2.62. The molecule has 18 heavy (non-hydrogen) atoms. The largest absolute Gasteiger partial charge is 0.312 e. The summed E-state index contributed by atoms with van der Waals surface area (Å²) in [7, 11) is 0. The van der Waals surface area contributed by atoms with E-state index in [1.165, 1.54) is 28.7 Å². The predicted octanol–water partition coefficient (Wildman–Crippen LogP) is 3.12. The Morgan fingerprint density at radius 3 is 2.56 bits per heavy atom. The molecule has 3 rings (SSSR count). The maximum Gasteiger partial charge on any atom is 0.0208 e. The van der Waals surface area contributed by atoms with Crippen molar-refractivity contribution >= 4 is 0 Å². The van der Waals surface area contributed by atoms with E-state index < -0.39 is 0 Å². The molecule has 1 heterocycles. The van der Waals surface area contributed by atoms with Gasteiger partial charge in [-0.1, -0.05) is 48.5 Å². The standard InChI is InChI=1S/C17H19N/c1-2-4-14(5-3-1)6-7-15-8-9-16-10-11-18-13-17(16)12-15/h1-5,8-9,12,18H,6-7,10-11,13H2. The van der Waals surface area contributed by atoms with Crippen LogP contribution in [-0.4, -0.2) is 6.54 Å². The molecule has 0 radical (unpaired) electrons. The van der Waals surface area contributed by atoms with E-state index >= 15 is 0 Å². The minimum absolute atomic E-state index is 1.04. The van der Waals surface area contributed by atoms with Gasteiger partial charge in [-0.2, -0.15) is 0 Å². The van der Waals surface area contributed by atoms with Crippen LogP contribution in [0.5, 0.6) is 0 Å². The zero-order valence-electron chi connectivity index (χ0n) is 10.7. The van der Waals surface area contributed by atoms with Gasteiger partial charge < -0.3 is 5.32 Å². The van der Waals surface area contributed by atoms with Gasteiger partial charge in [0, 0.05) is 6.54 Å². The molecule has 0 amide bonds. The first-order chi connectivity index (χ1) is 8.92. The molecule has 1 heteroatoms. The molecular weight excluding hydrogens is 218 g/mol. The Hall–Kier alpha value is -1.60. The van der Waals surface area contributed by atoms with Crippen molar-refractivity contribution in [1.29, 1.82) is 0 Å². The van der Waals surface area contributed by atoms with Crippen LogP contribution in [0.3, 0.4) is 0 Å². The van der Waals surface area contributed by atoms with Crippen molar-refractivity contribution in [3.8, 4) is 0 Å². The molecule has 1 N–H and O–H groups in total. The number of rotatable bonds is 3. The van der Waals surface area contributed by atoms with Crippen LogP contribution in [0, 0.1) is 0 Å². The molecule has 0 unspecified atom stereocenters. The van der Waals surface area contributed by atoms with Crippen LogP contribution in [0.4, 0.5) is 0 Å². The lowest BCUT2D eigenvalue weighted by molar-refractivity contribution is 0.642. The van der Waals surface area contributed by atoms with Gasteiger partial charge in [0.15, 0.2) is 0 Å². The summed E-state index contributed by atoms with van der Waals surface area (Å²) in [5, 5.41) is 3.44. The highest BCUT2D eigenvalue weighted by molar-refractivity contribution is 5.34. The molecule has 0 aromatic heterocycles. The normalized spacial score (nSPS) is 14.2. The Labute approximate surface area is 109 Å². The van der Waals surface area contributed by atoms with Gasteiger partial charge in [0.25, 0.3) is 0 Å². The molecule has 0 fully saturated rings. The number of nitrogens with one attached hydrogen (secondary N) is 1. The molecule has 2 aromatic rings. The van der Waals surface area contributed by atoms with E-state index in [0.717, 1.165) is 25.9 Å². The van der Waals surface area contributed by atoms with Crippen LogP contribution in [-0.2, 0) is 25.8 Å². The Balaban J connectivity index is 1.70. The molecule has 1 aliphatic heterocycles. The fraction of sp³-hybridized carbons (Fsp3) is 0.294. The molecular formula is C17H19N. The summed E-state index contributed by atoms with van der Waals surface area (Å²) >= 11 is 0. The van der Waals surface area contributed by atoms with Crippen molar-refractivity contribution in [2.45, 2.75) is 25.8 Å². The topological polar surface area (TPSA) is 12.0 Å². The quantitative estimate of drug-likeness (QED) is 0.865. The summed E-state index contributed by atoms with van der Waals surface area (Å²) in [5.74, 6) is 0. The van der Waals surface area contributed by atoms with E-state index in [0.29, 0.717) is 0 Å². The second-order valence-corrected chi connectivity index (χ2v) is 5.02. The lowest BCUT2D eigenvalue weighted by Crippen LogP contribution is -2.23. The molecule has 0 aliphatic carbocycles. The zero-order chi connectivity index (χ0) is 12.2. The summed E-state index contributed by atoms with van der Waals surface area (Å²) in [4.78, 5) is 0. The lowest BCUT2D eigenvalue weighted by atomic mass is 9.96. The summed E-state index contributed by atoms with van der Waals surface area (Å²) in [6.07, 6.45) is 3.44. The Morgan fingerprint density at radius 1 is 0.833 bits per heavy atom. The van der Waals surface area contributed by atoms with E-state index in [2.05, 4.69) is 53.8 Å². The lowest BCUT2D eigenvalue weighted by Gasteiger charge is -2.17. The zero-order valence-corrected chi connectivity index (χ0v) is 10.7. The fourth-order valence-electron chi connectivity index (χ4n) is 2.62. The smallest absolute Gasteiger partial charge is 0.0208 e. The molecule has 2 aromatic carbocycles. The number of hydrogen-bond donors (Lipinski definition) is 1. The average molecular weight is 237 g/mol. The van der Waals surface area contributed by atoms with Crippen LogP contribution >= 0.6 is 0 Å². The molecule has 0 saturated carbocycles. The van der Waals surface area contributed by atoms with Gasteiger partial charge in [-0.15, -0.1) is 0 Å². The highest BCUT2D eigenvalue weighted by Crippen LogP contribution is 2.17. The third-order valence-electron chi connectivity index (χ3n) is 3.70. The first-order valence-electron chi connectivity index (χ1n) is 6.77. The first kappa shape index (κ1) is 11.5. The number of benzene rings is 2. The second kappa shape index (κ2) is 5.36. The van der Waals surface area contributed by atoms with E-state index in [9.17, 15) is 0 Å². The van der Waals surface area contributed by atoms with Crippen LogP contribution in [0.15, 0.2) is 48.5 Å². The van der Waals surface area contributed by atoms with Crippen molar-refractivity contribution in [1.82, 2.24) is 5.32 Å². The summed E-state index contributed by atoms with van der Waals surface area (Å²) in [5.41, 5.74) is 5.90. The molecule has 1 aliphatic rings. The second-order valence-electron chi connectivity index (χ2n) is 5.02. The molecule has 92 valence electrons. The molecule has 0 saturated heterocycles. The van der Waals surface area contributed by atoms with Gasteiger partial charge in [-0.3, -0.25) is 0 Å².